The summed E-state index contributed by atoms with van der Waals surface area (Å²) in [4.78, 5) is 26.8. The summed E-state index contributed by atoms with van der Waals surface area (Å²) in [6, 6.07) is 15.0. The highest BCUT2D eigenvalue weighted by molar-refractivity contribution is 6.30. The molecule has 0 spiro atoms. The van der Waals surface area contributed by atoms with Gasteiger partial charge in [0.15, 0.2) is 11.8 Å². The molecule has 1 saturated heterocycles. The zero-order chi connectivity index (χ0) is 20.1. The van der Waals surface area contributed by atoms with Gasteiger partial charge in [0.25, 0.3) is 5.91 Å². The lowest BCUT2D eigenvalue weighted by molar-refractivity contribution is -1.02. The number of hydrogen-bond donors (Lipinski definition) is 3. The third kappa shape index (κ3) is 5.41. The van der Waals surface area contributed by atoms with Gasteiger partial charge in [-0.2, -0.15) is 0 Å². The van der Waals surface area contributed by atoms with Gasteiger partial charge in [0.2, 0.25) is 0 Å². The van der Waals surface area contributed by atoms with E-state index in [4.69, 9.17) is 11.6 Å². The van der Waals surface area contributed by atoms with Crippen LogP contribution in [-0.2, 0) is 11.3 Å². The van der Waals surface area contributed by atoms with Crippen LogP contribution in [0, 0.1) is 0 Å². The summed E-state index contributed by atoms with van der Waals surface area (Å²) in [7, 11) is 0. The lowest BCUT2D eigenvalue weighted by atomic mass is 10.1. The van der Waals surface area contributed by atoms with Gasteiger partial charge in [0.05, 0.1) is 0 Å². The van der Waals surface area contributed by atoms with E-state index in [2.05, 4.69) is 17.4 Å². The van der Waals surface area contributed by atoms with Gasteiger partial charge in [-0.1, -0.05) is 23.7 Å². The first-order valence-corrected chi connectivity index (χ1v) is 10.1. The summed E-state index contributed by atoms with van der Waals surface area (Å²) in [5.74, 6) is 0.0430. The number of piperazine rings is 1. The normalized spacial score (nSPS) is 20.4. The lowest BCUT2D eigenvalue weighted by Crippen LogP contribution is -3.29. The largest absolute Gasteiger partial charge is 0.322 e. The summed E-state index contributed by atoms with van der Waals surface area (Å²) in [6.45, 7) is 8.55. The van der Waals surface area contributed by atoms with Crippen molar-refractivity contribution >= 4 is 29.0 Å². The Kier molecular flexibility index (Phi) is 6.83. The van der Waals surface area contributed by atoms with E-state index in [9.17, 15) is 9.59 Å². The minimum Gasteiger partial charge on any atom is -0.322 e. The number of nitrogens with one attached hydrogen (secondary N) is 3. The van der Waals surface area contributed by atoms with E-state index in [1.807, 2.05) is 19.1 Å². The van der Waals surface area contributed by atoms with Crippen molar-refractivity contribution in [1.82, 2.24) is 0 Å². The van der Waals surface area contributed by atoms with Gasteiger partial charge in [-0.25, -0.2) is 0 Å². The van der Waals surface area contributed by atoms with Crippen LogP contribution >= 0.6 is 11.6 Å². The van der Waals surface area contributed by atoms with E-state index < -0.39 is 0 Å². The fourth-order valence-electron chi connectivity index (χ4n) is 3.65. The molecule has 1 aliphatic heterocycles. The van der Waals surface area contributed by atoms with E-state index in [-0.39, 0.29) is 17.7 Å². The molecule has 3 rings (SSSR count). The third-order valence-corrected chi connectivity index (χ3v) is 5.78. The van der Waals surface area contributed by atoms with Crippen molar-refractivity contribution in [2.45, 2.75) is 26.4 Å². The van der Waals surface area contributed by atoms with Crippen molar-refractivity contribution in [1.29, 1.82) is 0 Å². The van der Waals surface area contributed by atoms with Gasteiger partial charge >= 0.3 is 0 Å². The number of quaternary nitrogens is 2. The molecule has 5 nitrogen and oxygen atoms in total. The molecular formula is C22H28ClN3O2+2. The number of ketones is 1. The van der Waals surface area contributed by atoms with E-state index in [1.165, 1.54) is 17.4 Å². The topological polar surface area (TPSA) is 55.0 Å². The summed E-state index contributed by atoms with van der Waals surface area (Å²) < 4.78 is 0. The SMILES string of the molecule is CC(=O)c1ccc(NC(=O)[C@@H](C)[NH+]2CC[NH+](Cc3ccc(Cl)cc3)CC2)cc1. The molecule has 6 heteroatoms. The van der Waals surface area contributed by atoms with Gasteiger partial charge in [-0.15, -0.1) is 0 Å². The fraction of sp³-hybridized carbons (Fsp3) is 0.364. The van der Waals surface area contributed by atoms with Crippen LogP contribution in [0.2, 0.25) is 5.02 Å². The number of anilines is 1. The molecule has 148 valence electrons. The lowest BCUT2D eigenvalue weighted by Gasteiger charge is -2.32. The van der Waals surface area contributed by atoms with Crippen molar-refractivity contribution in [2.24, 2.45) is 0 Å². The summed E-state index contributed by atoms with van der Waals surface area (Å²) in [6.07, 6.45) is 0. The van der Waals surface area contributed by atoms with Gasteiger partial charge in [0, 0.05) is 21.8 Å². The Morgan fingerprint density at radius 3 is 2.18 bits per heavy atom. The maximum atomic E-state index is 12.6. The molecule has 0 saturated carbocycles. The molecule has 0 radical (unpaired) electrons. The number of benzene rings is 2. The Balaban J connectivity index is 1.48. The molecule has 0 bridgehead atoms. The van der Waals surface area contributed by atoms with Crippen molar-refractivity contribution in [3.05, 3.63) is 64.7 Å². The Labute approximate surface area is 171 Å². The summed E-state index contributed by atoms with van der Waals surface area (Å²) in [5, 5.41) is 3.74. The number of amides is 1. The van der Waals surface area contributed by atoms with E-state index in [0.29, 0.717) is 5.56 Å². The Morgan fingerprint density at radius 1 is 1.00 bits per heavy atom. The molecule has 2 aromatic rings. The van der Waals surface area contributed by atoms with Crippen LogP contribution in [0.25, 0.3) is 0 Å². The third-order valence-electron chi connectivity index (χ3n) is 5.53. The van der Waals surface area contributed by atoms with Crippen LogP contribution < -0.4 is 15.1 Å². The molecular weight excluding hydrogens is 374 g/mol. The van der Waals surface area contributed by atoms with Crippen LogP contribution in [0.3, 0.4) is 0 Å². The minimum absolute atomic E-state index is 0.0201. The number of carbonyl (C=O) groups is 2. The average Bonchev–Trinajstić information content (AvgIpc) is 2.70. The Morgan fingerprint density at radius 2 is 1.61 bits per heavy atom. The molecule has 28 heavy (non-hydrogen) atoms. The molecule has 1 fully saturated rings. The monoisotopic (exact) mass is 401 g/mol. The van der Waals surface area contributed by atoms with Crippen LogP contribution in [0.1, 0.15) is 29.8 Å². The minimum atomic E-state index is -0.107. The fourth-order valence-corrected chi connectivity index (χ4v) is 3.78. The van der Waals surface area contributed by atoms with Crippen LogP contribution in [0.5, 0.6) is 0 Å². The number of Topliss-reactive ketones (excluding diaryl/α,β-unsaturated/α-hetero) is 1. The molecule has 1 heterocycles. The van der Waals surface area contributed by atoms with Crippen molar-refractivity contribution in [2.75, 3.05) is 31.5 Å². The zero-order valence-electron chi connectivity index (χ0n) is 16.4. The number of hydrogen-bond acceptors (Lipinski definition) is 2. The van der Waals surface area contributed by atoms with Crippen LogP contribution in [0.4, 0.5) is 5.69 Å². The molecule has 3 N–H and O–H groups in total. The first-order valence-electron chi connectivity index (χ1n) is 9.77. The smallest absolute Gasteiger partial charge is 0.282 e. The van der Waals surface area contributed by atoms with Crippen LogP contribution in [-0.4, -0.2) is 43.9 Å². The molecule has 1 atom stereocenters. The van der Waals surface area contributed by atoms with Crippen molar-refractivity contribution < 1.29 is 19.4 Å². The molecule has 0 aromatic heterocycles. The second-order valence-electron chi connectivity index (χ2n) is 7.56. The predicted octanol–water partition coefficient (Wildman–Crippen LogP) is 0.853. The number of carbonyl (C=O) groups excluding carboxylic acids is 2. The highest BCUT2D eigenvalue weighted by atomic mass is 35.5. The van der Waals surface area contributed by atoms with Gasteiger partial charge in [0.1, 0.15) is 32.7 Å². The van der Waals surface area contributed by atoms with Gasteiger partial charge < -0.3 is 15.1 Å². The predicted molar refractivity (Wildman–Crippen MR) is 111 cm³/mol. The second-order valence-corrected chi connectivity index (χ2v) is 7.99. The first kappa shape index (κ1) is 20.5. The van der Waals surface area contributed by atoms with Crippen molar-refractivity contribution in [3.8, 4) is 0 Å². The maximum Gasteiger partial charge on any atom is 0.282 e. The Hall–Kier alpha value is -2.21. The average molecular weight is 402 g/mol. The van der Waals surface area contributed by atoms with E-state index >= 15 is 0 Å². The maximum absolute atomic E-state index is 12.6. The summed E-state index contributed by atoms with van der Waals surface area (Å²) >= 11 is 5.95. The number of rotatable bonds is 6. The molecule has 1 amide bonds. The highest BCUT2D eigenvalue weighted by Crippen LogP contribution is 2.10. The Bertz CT molecular complexity index is 813. The first-order chi connectivity index (χ1) is 13.4. The molecule has 0 unspecified atom stereocenters. The van der Waals surface area contributed by atoms with Gasteiger partial charge in [-0.05, 0) is 50.2 Å². The highest BCUT2D eigenvalue weighted by Gasteiger charge is 2.31. The van der Waals surface area contributed by atoms with Gasteiger partial charge in [-0.3, -0.25) is 9.59 Å². The standard InChI is InChI=1S/C22H26ClN3O2/c1-16(22(28)24-21-9-5-19(6-10-21)17(2)27)26-13-11-25(12-14-26)15-18-3-7-20(23)8-4-18/h3-10,16H,11-15H2,1-2H3,(H,24,28)/p+2/t16-/m1/s1. The molecule has 2 aromatic carbocycles. The number of halogens is 1. The summed E-state index contributed by atoms with van der Waals surface area (Å²) in [5.41, 5.74) is 2.67. The molecule has 0 aliphatic carbocycles. The van der Waals surface area contributed by atoms with E-state index in [1.54, 1.807) is 29.2 Å². The second kappa shape index (κ2) is 9.32. The van der Waals surface area contributed by atoms with Crippen LogP contribution in [0.15, 0.2) is 48.5 Å². The van der Waals surface area contributed by atoms with E-state index in [0.717, 1.165) is 43.4 Å². The van der Waals surface area contributed by atoms with Crippen molar-refractivity contribution in [3.63, 3.8) is 0 Å². The molecule has 1 aliphatic rings. The quantitative estimate of drug-likeness (QED) is 0.629. The zero-order valence-corrected chi connectivity index (χ0v) is 17.2.